The van der Waals surface area contributed by atoms with Crippen molar-refractivity contribution in [2.75, 3.05) is 39.6 Å². The Morgan fingerprint density at radius 2 is 0.500 bits per heavy atom. The normalized spacial score (nSPS) is 14.4. The van der Waals surface area contributed by atoms with Gasteiger partial charge in [-0.3, -0.25) is 37.3 Å². The zero-order valence-corrected chi connectivity index (χ0v) is 68.6. The second-order valence-electron chi connectivity index (χ2n) is 27.7. The molecule has 0 fully saturated rings. The third kappa shape index (κ3) is 77.6. The van der Waals surface area contributed by atoms with Gasteiger partial charge in [0.25, 0.3) is 0 Å². The van der Waals surface area contributed by atoms with Gasteiger partial charge in [-0.25, -0.2) is 9.13 Å². The topological polar surface area (TPSA) is 237 Å². The molecule has 0 aliphatic rings. The Bertz CT molecular complexity index is 2480. The average Bonchev–Trinajstić information content (AvgIpc) is 0.902. The average molecular weight is 1530 g/mol. The highest BCUT2D eigenvalue weighted by atomic mass is 31.2. The van der Waals surface area contributed by atoms with Crippen molar-refractivity contribution in [3.05, 3.63) is 122 Å². The van der Waals surface area contributed by atoms with E-state index in [1.54, 1.807) is 0 Å². The summed E-state index contributed by atoms with van der Waals surface area (Å²) in [6, 6.07) is 0. The fraction of sp³-hybridized carbons (Fsp3) is 0.724. The van der Waals surface area contributed by atoms with E-state index in [0.29, 0.717) is 32.1 Å². The molecule has 3 N–H and O–H groups in total. The zero-order valence-electron chi connectivity index (χ0n) is 66.8. The number of allylic oxidation sites excluding steroid dienone is 20. The van der Waals surface area contributed by atoms with E-state index in [0.717, 1.165) is 128 Å². The predicted molar refractivity (Wildman–Crippen MR) is 436 cm³/mol. The van der Waals surface area contributed by atoms with Crippen LogP contribution in [0.1, 0.15) is 349 Å². The van der Waals surface area contributed by atoms with Gasteiger partial charge in [0.05, 0.1) is 26.4 Å². The first-order valence-corrected chi connectivity index (χ1v) is 44.8. The number of rotatable bonds is 78. The van der Waals surface area contributed by atoms with Crippen LogP contribution in [0.25, 0.3) is 0 Å². The number of aliphatic hydroxyl groups is 1. The molecule has 5 atom stereocenters. The number of phosphoric ester groups is 2. The van der Waals surface area contributed by atoms with Crippen LogP contribution >= 0.6 is 15.6 Å². The Kier molecular flexibility index (Phi) is 75.2. The van der Waals surface area contributed by atoms with Crippen molar-refractivity contribution in [1.82, 2.24) is 0 Å². The van der Waals surface area contributed by atoms with E-state index < -0.39 is 97.5 Å². The number of hydrogen-bond acceptors (Lipinski definition) is 15. The van der Waals surface area contributed by atoms with Gasteiger partial charge in [0.15, 0.2) is 12.2 Å². The third-order valence-corrected chi connectivity index (χ3v) is 19.4. The van der Waals surface area contributed by atoms with E-state index in [1.165, 1.54) is 135 Å². The number of hydrogen-bond donors (Lipinski definition) is 3. The maximum absolute atomic E-state index is 13.1. The summed E-state index contributed by atoms with van der Waals surface area (Å²) in [5.41, 5.74) is 0. The van der Waals surface area contributed by atoms with Crippen molar-refractivity contribution in [2.45, 2.75) is 367 Å². The molecular weight excluding hydrogens is 1380 g/mol. The Balaban J connectivity index is 5.43. The van der Waals surface area contributed by atoms with Crippen molar-refractivity contribution < 1.29 is 80.2 Å². The Morgan fingerprint density at radius 1 is 0.274 bits per heavy atom. The lowest BCUT2D eigenvalue weighted by Crippen LogP contribution is -2.30. The molecule has 0 aliphatic heterocycles. The molecule has 5 unspecified atom stereocenters. The highest BCUT2D eigenvalue weighted by Crippen LogP contribution is 2.45. The van der Waals surface area contributed by atoms with Gasteiger partial charge in [-0.2, -0.15) is 0 Å². The van der Waals surface area contributed by atoms with Gasteiger partial charge >= 0.3 is 39.5 Å². The molecule has 0 amide bonds. The van der Waals surface area contributed by atoms with Crippen LogP contribution in [0.5, 0.6) is 0 Å². The van der Waals surface area contributed by atoms with E-state index in [1.807, 2.05) is 12.2 Å². The highest BCUT2D eigenvalue weighted by Gasteiger charge is 2.30. The lowest BCUT2D eigenvalue weighted by Gasteiger charge is -2.21. The first kappa shape index (κ1) is 101. The van der Waals surface area contributed by atoms with Crippen molar-refractivity contribution in [3.8, 4) is 0 Å². The number of esters is 4. The van der Waals surface area contributed by atoms with Crippen LogP contribution in [0.15, 0.2) is 122 Å². The number of aliphatic hydroxyl groups excluding tert-OH is 1. The van der Waals surface area contributed by atoms with E-state index in [4.69, 9.17) is 37.0 Å². The van der Waals surface area contributed by atoms with Crippen molar-refractivity contribution in [3.63, 3.8) is 0 Å². The molecule has 19 heteroatoms. The molecule has 0 heterocycles. The summed E-state index contributed by atoms with van der Waals surface area (Å²) < 4.78 is 68.7. The standard InChI is InChI=1S/C87H150O17P2/c1-5-9-13-17-21-25-29-33-37-39-40-42-45-48-52-56-60-64-68-72-85(90)98-78-83(104-87(92)74-70-66-62-58-54-50-46-41-38-34-30-26-22-18-14-10-6-2)80-102-106(95,96)100-76-81(88)75-99-105(93,94)101-79-82(103-86(91)73-69-65-61-57-53-49-44-36-32-28-24-20-16-12-8-4)77-97-84(89)71-67-63-59-55-51-47-43-35-31-27-23-19-15-11-7-3/h9-10,13-14,21-22,25-26,33-34,37-38,40,42,46,48,50,52,58,62,81-83,88H,5-8,11-12,15-20,23-24,27-32,35-36,39,41,43-45,47,49,51,53-57,59-61,63-80H2,1-4H3,(H,93,94)(H,95,96)/b13-9-,14-10-,25-21-,26-22-,37-33-,38-34-,42-40-,50-46-,52-48-,62-58-. The minimum Gasteiger partial charge on any atom is -0.462 e. The highest BCUT2D eigenvalue weighted by molar-refractivity contribution is 7.47. The number of unbranched alkanes of at least 4 members (excludes halogenated alkanes) is 32. The van der Waals surface area contributed by atoms with Crippen LogP contribution in [0.2, 0.25) is 0 Å². The van der Waals surface area contributed by atoms with Crippen LogP contribution in [0, 0.1) is 0 Å². The van der Waals surface area contributed by atoms with Crippen LogP contribution in [0.3, 0.4) is 0 Å². The number of carbonyl (C=O) groups is 4. The molecule has 0 aromatic rings. The van der Waals surface area contributed by atoms with Crippen LogP contribution in [-0.2, 0) is 65.4 Å². The molecule has 0 bridgehead atoms. The fourth-order valence-corrected chi connectivity index (χ4v) is 12.7. The van der Waals surface area contributed by atoms with Crippen LogP contribution < -0.4 is 0 Å². The molecule has 0 saturated heterocycles. The summed E-state index contributed by atoms with van der Waals surface area (Å²) in [7, 11) is -9.99. The van der Waals surface area contributed by atoms with E-state index in [-0.39, 0.29) is 25.7 Å². The van der Waals surface area contributed by atoms with Gasteiger partial charge in [-0.1, -0.05) is 335 Å². The summed E-state index contributed by atoms with van der Waals surface area (Å²) in [4.78, 5) is 73.1. The monoisotopic (exact) mass is 1530 g/mol. The molecule has 0 radical (unpaired) electrons. The van der Waals surface area contributed by atoms with Crippen molar-refractivity contribution >= 4 is 39.5 Å². The van der Waals surface area contributed by atoms with Gasteiger partial charge in [-0.15, -0.1) is 0 Å². The minimum atomic E-state index is -5.00. The summed E-state index contributed by atoms with van der Waals surface area (Å²) in [5, 5.41) is 10.7. The predicted octanol–water partition coefficient (Wildman–Crippen LogP) is 24.7. The van der Waals surface area contributed by atoms with Gasteiger partial charge < -0.3 is 33.8 Å². The largest absolute Gasteiger partial charge is 0.472 e. The third-order valence-electron chi connectivity index (χ3n) is 17.5. The molecule has 0 aliphatic carbocycles. The van der Waals surface area contributed by atoms with Crippen LogP contribution in [0.4, 0.5) is 0 Å². The number of phosphoric acid groups is 2. The Morgan fingerprint density at radius 3 is 0.792 bits per heavy atom. The molecule has 0 aromatic heterocycles. The Hall–Kier alpha value is -4.54. The Labute approximate surface area is 644 Å². The molecule has 0 rings (SSSR count). The second-order valence-corrected chi connectivity index (χ2v) is 30.6. The first-order chi connectivity index (χ1) is 51.7. The van der Waals surface area contributed by atoms with E-state index in [9.17, 15) is 43.2 Å². The smallest absolute Gasteiger partial charge is 0.462 e. The van der Waals surface area contributed by atoms with E-state index >= 15 is 0 Å². The summed E-state index contributed by atoms with van der Waals surface area (Å²) in [6.07, 6.45) is 87.5. The quantitative estimate of drug-likeness (QED) is 0.0169. The second kappa shape index (κ2) is 78.6. The number of ether oxygens (including phenoxy) is 4. The first-order valence-electron chi connectivity index (χ1n) is 41.8. The van der Waals surface area contributed by atoms with Crippen LogP contribution in [-0.4, -0.2) is 96.7 Å². The minimum absolute atomic E-state index is 0.00695. The molecule has 0 saturated carbocycles. The SMILES string of the molecule is CC/C=C\C/C=C\C/C=C\C/C=C\C/C=C\CCCCCC(=O)OCC(COP(=O)(O)OCC(O)COP(=O)(O)OCC(COC(=O)CCCCCCCCCCCCCCCCC)OC(=O)CCCCCCCCCCCCCCCCC)OC(=O)CCC/C=C\C/C=C\C/C=C\C/C=C\C/C=C\CC. The molecule has 610 valence electrons. The van der Waals surface area contributed by atoms with Gasteiger partial charge in [0.1, 0.15) is 19.3 Å². The van der Waals surface area contributed by atoms with Gasteiger partial charge in [-0.05, 0) is 109 Å². The molecule has 17 nitrogen and oxygen atoms in total. The lowest BCUT2D eigenvalue weighted by atomic mass is 10.0. The molecular formula is C87H150O17P2. The zero-order chi connectivity index (χ0) is 77.4. The molecule has 0 aromatic carbocycles. The van der Waals surface area contributed by atoms with Crippen molar-refractivity contribution in [2.24, 2.45) is 0 Å². The molecule has 106 heavy (non-hydrogen) atoms. The molecule has 0 spiro atoms. The lowest BCUT2D eigenvalue weighted by molar-refractivity contribution is -0.161. The van der Waals surface area contributed by atoms with Crippen molar-refractivity contribution in [1.29, 1.82) is 0 Å². The summed E-state index contributed by atoms with van der Waals surface area (Å²) in [6.45, 7) is 4.60. The maximum Gasteiger partial charge on any atom is 0.472 e. The summed E-state index contributed by atoms with van der Waals surface area (Å²) in [5.74, 6) is -2.26. The fourth-order valence-electron chi connectivity index (χ4n) is 11.2. The number of carbonyl (C=O) groups excluding carboxylic acids is 4. The van der Waals surface area contributed by atoms with Gasteiger partial charge in [0, 0.05) is 25.7 Å². The summed E-state index contributed by atoms with van der Waals surface area (Å²) >= 11 is 0. The van der Waals surface area contributed by atoms with E-state index in [2.05, 4.69) is 137 Å². The van der Waals surface area contributed by atoms with Gasteiger partial charge in [0.2, 0.25) is 0 Å². The maximum atomic E-state index is 13.1.